The Morgan fingerprint density at radius 2 is 1.65 bits per heavy atom. The van der Waals surface area contributed by atoms with Gasteiger partial charge in [-0.1, -0.05) is 40.9 Å². The summed E-state index contributed by atoms with van der Waals surface area (Å²) in [7, 11) is -4.09. The van der Waals surface area contributed by atoms with Crippen molar-refractivity contribution in [3.63, 3.8) is 0 Å². The molecule has 0 saturated heterocycles. The predicted octanol–water partition coefficient (Wildman–Crippen LogP) is 4.66. The van der Waals surface area contributed by atoms with E-state index in [1.54, 1.807) is 0 Å². The molecular formula is C13H9Cl3N2O4S. The van der Waals surface area contributed by atoms with Crippen LogP contribution >= 0.6 is 34.8 Å². The largest absolute Gasteiger partial charge is 0.278 e. The van der Waals surface area contributed by atoms with Crippen LogP contribution < -0.4 is 4.72 Å². The van der Waals surface area contributed by atoms with Crippen LogP contribution in [0.3, 0.4) is 0 Å². The van der Waals surface area contributed by atoms with E-state index in [4.69, 9.17) is 34.8 Å². The minimum Gasteiger partial charge on any atom is -0.278 e. The van der Waals surface area contributed by atoms with Gasteiger partial charge in [0.25, 0.3) is 15.7 Å². The molecule has 0 spiro atoms. The number of rotatable bonds is 4. The number of nitro benzene ring substituents is 1. The third-order valence-corrected chi connectivity index (χ3v) is 5.47. The molecule has 0 fully saturated rings. The molecule has 0 amide bonds. The van der Waals surface area contributed by atoms with Crippen molar-refractivity contribution in [3.8, 4) is 0 Å². The third-order valence-electron chi connectivity index (χ3n) is 2.93. The molecule has 2 rings (SSSR count). The second kappa shape index (κ2) is 6.52. The fraction of sp³-hybridized carbons (Fsp3) is 0.0769. The molecule has 23 heavy (non-hydrogen) atoms. The zero-order valence-electron chi connectivity index (χ0n) is 11.5. The Morgan fingerprint density at radius 1 is 1.04 bits per heavy atom. The van der Waals surface area contributed by atoms with Crippen LogP contribution in [0, 0.1) is 17.0 Å². The van der Waals surface area contributed by atoms with E-state index in [1.165, 1.54) is 31.2 Å². The van der Waals surface area contributed by atoms with Crippen LogP contribution in [0.1, 0.15) is 5.56 Å². The van der Waals surface area contributed by atoms with Gasteiger partial charge < -0.3 is 0 Å². The van der Waals surface area contributed by atoms with Gasteiger partial charge in [0.2, 0.25) is 0 Å². The van der Waals surface area contributed by atoms with Gasteiger partial charge in [0.1, 0.15) is 0 Å². The molecule has 0 aliphatic carbocycles. The van der Waals surface area contributed by atoms with Crippen LogP contribution in [-0.4, -0.2) is 13.3 Å². The molecule has 0 aliphatic rings. The zero-order chi connectivity index (χ0) is 17.4. The molecule has 6 nitrogen and oxygen atoms in total. The number of hydrogen-bond acceptors (Lipinski definition) is 4. The Bertz CT molecular complexity index is 900. The minimum absolute atomic E-state index is 0.0203. The quantitative estimate of drug-likeness (QED) is 0.463. The lowest BCUT2D eigenvalue weighted by molar-refractivity contribution is -0.385. The number of nitrogens with zero attached hydrogens (tertiary/aromatic N) is 1. The molecule has 0 aliphatic heterocycles. The fourth-order valence-corrected chi connectivity index (χ4v) is 3.78. The summed E-state index contributed by atoms with van der Waals surface area (Å²) >= 11 is 17.6. The van der Waals surface area contributed by atoms with Gasteiger partial charge in [0.05, 0.1) is 30.6 Å². The van der Waals surface area contributed by atoms with E-state index in [0.29, 0.717) is 5.56 Å². The van der Waals surface area contributed by atoms with Crippen molar-refractivity contribution in [2.24, 2.45) is 0 Å². The van der Waals surface area contributed by atoms with Gasteiger partial charge in [0, 0.05) is 12.1 Å². The molecule has 0 saturated carbocycles. The summed E-state index contributed by atoms with van der Waals surface area (Å²) in [6.45, 7) is 1.52. The second-order valence-corrected chi connectivity index (χ2v) is 7.43. The molecule has 0 bridgehead atoms. The van der Waals surface area contributed by atoms with Gasteiger partial charge in [0.15, 0.2) is 0 Å². The highest BCUT2D eigenvalue weighted by atomic mass is 35.5. The molecule has 0 heterocycles. The van der Waals surface area contributed by atoms with E-state index in [1.807, 2.05) is 0 Å². The molecular weight excluding hydrogens is 387 g/mol. The predicted molar refractivity (Wildman–Crippen MR) is 90.1 cm³/mol. The second-order valence-electron chi connectivity index (χ2n) is 4.56. The fourth-order valence-electron chi connectivity index (χ4n) is 1.79. The summed E-state index contributed by atoms with van der Waals surface area (Å²) in [5.74, 6) is 0. The van der Waals surface area contributed by atoms with E-state index >= 15 is 0 Å². The van der Waals surface area contributed by atoms with E-state index in [0.717, 1.165) is 6.07 Å². The molecule has 2 aromatic rings. The highest BCUT2D eigenvalue weighted by molar-refractivity contribution is 7.92. The Balaban J connectivity index is 2.50. The van der Waals surface area contributed by atoms with Gasteiger partial charge in [-0.25, -0.2) is 8.42 Å². The summed E-state index contributed by atoms with van der Waals surface area (Å²) in [5.41, 5.74) is 0.0301. The lowest BCUT2D eigenvalue weighted by Crippen LogP contribution is -2.15. The SMILES string of the molecule is Cc1ccc([N+](=O)[O-])cc1S(=O)(=O)Nc1cc(Cl)c(Cl)cc1Cl. The number of non-ortho nitro benzene ring substituents is 1. The number of nitrogens with one attached hydrogen (secondary N) is 1. The third kappa shape index (κ3) is 3.87. The number of benzene rings is 2. The van der Waals surface area contributed by atoms with Gasteiger partial charge in [-0.3, -0.25) is 14.8 Å². The van der Waals surface area contributed by atoms with Gasteiger partial charge >= 0.3 is 0 Å². The number of sulfonamides is 1. The number of aryl methyl sites for hydroxylation is 1. The van der Waals surface area contributed by atoms with Crippen molar-refractivity contribution >= 4 is 56.2 Å². The Kier molecular flexibility index (Phi) is 5.05. The smallest absolute Gasteiger partial charge is 0.270 e. The topological polar surface area (TPSA) is 89.3 Å². The number of hydrogen-bond donors (Lipinski definition) is 1. The first-order valence-electron chi connectivity index (χ1n) is 6.04. The van der Waals surface area contributed by atoms with Crippen LogP contribution in [-0.2, 0) is 10.0 Å². The Hall–Kier alpha value is -1.54. The lowest BCUT2D eigenvalue weighted by Gasteiger charge is -2.12. The summed E-state index contributed by atoms with van der Waals surface area (Å²) in [5, 5.41) is 11.2. The lowest BCUT2D eigenvalue weighted by atomic mass is 10.2. The highest BCUT2D eigenvalue weighted by Gasteiger charge is 2.22. The number of halogens is 3. The average molecular weight is 396 g/mol. The molecule has 0 radical (unpaired) electrons. The number of anilines is 1. The van der Waals surface area contributed by atoms with Crippen LogP contribution in [0.15, 0.2) is 35.2 Å². The standard InChI is InChI=1S/C13H9Cl3N2O4S/c1-7-2-3-8(18(19)20)4-13(7)23(21,22)17-12-6-10(15)9(14)5-11(12)16/h2-6,17H,1H3. The average Bonchev–Trinajstić information content (AvgIpc) is 2.44. The van der Waals surface area contributed by atoms with E-state index in [-0.39, 0.29) is 31.3 Å². The molecule has 0 atom stereocenters. The molecule has 122 valence electrons. The van der Waals surface area contributed by atoms with Gasteiger partial charge in [-0.2, -0.15) is 0 Å². The first kappa shape index (κ1) is 17.8. The highest BCUT2D eigenvalue weighted by Crippen LogP contribution is 2.34. The zero-order valence-corrected chi connectivity index (χ0v) is 14.6. The molecule has 10 heteroatoms. The number of nitro groups is 1. The summed E-state index contributed by atoms with van der Waals surface area (Å²) < 4.78 is 27.2. The summed E-state index contributed by atoms with van der Waals surface area (Å²) in [4.78, 5) is 9.92. The van der Waals surface area contributed by atoms with Gasteiger partial charge in [-0.05, 0) is 24.6 Å². The monoisotopic (exact) mass is 394 g/mol. The van der Waals surface area contributed by atoms with Crippen molar-refractivity contribution in [1.29, 1.82) is 0 Å². The van der Waals surface area contributed by atoms with Crippen molar-refractivity contribution in [2.45, 2.75) is 11.8 Å². The molecule has 2 aromatic carbocycles. The van der Waals surface area contributed by atoms with Crippen LogP contribution in [0.4, 0.5) is 11.4 Å². The first-order chi connectivity index (χ1) is 10.6. The van der Waals surface area contributed by atoms with Crippen molar-refractivity contribution < 1.29 is 13.3 Å². The Labute approximate surface area is 147 Å². The normalized spacial score (nSPS) is 11.3. The maximum absolute atomic E-state index is 12.5. The van der Waals surface area contributed by atoms with E-state index in [9.17, 15) is 18.5 Å². The van der Waals surface area contributed by atoms with E-state index < -0.39 is 14.9 Å². The molecule has 0 aromatic heterocycles. The molecule has 1 N–H and O–H groups in total. The van der Waals surface area contributed by atoms with Crippen LogP contribution in [0.25, 0.3) is 0 Å². The summed E-state index contributed by atoms with van der Waals surface area (Å²) in [6.07, 6.45) is 0. The molecule has 0 unspecified atom stereocenters. The Morgan fingerprint density at radius 3 is 2.26 bits per heavy atom. The van der Waals surface area contributed by atoms with Crippen molar-refractivity contribution in [3.05, 3.63) is 61.1 Å². The van der Waals surface area contributed by atoms with Gasteiger partial charge in [-0.15, -0.1) is 0 Å². The maximum atomic E-state index is 12.5. The van der Waals surface area contributed by atoms with Crippen LogP contribution in [0.2, 0.25) is 15.1 Å². The maximum Gasteiger partial charge on any atom is 0.270 e. The van der Waals surface area contributed by atoms with Crippen molar-refractivity contribution in [1.82, 2.24) is 0 Å². The minimum atomic E-state index is -4.09. The first-order valence-corrected chi connectivity index (χ1v) is 8.66. The summed E-state index contributed by atoms with van der Waals surface area (Å²) in [6, 6.07) is 6.10. The van der Waals surface area contributed by atoms with Crippen molar-refractivity contribution in [2.75, 3.05) is 4.72 Å². The van der Waals surface area contributed by atoms with E-state index in [2.05, 4.69) is 4.72 Å². The van der Waals surface area contributed by atoms with Crippen LogP contribution in [0.5, 0.6) is 0 Å².